The zero-order valence-electron chi connectivity index (χ0n) is 9.55. The van der Waals surface area contributed by atoms with Crippen LogP contribution in [-0.4, -0.2) is 6.54 Å². The first-order valence-corrected chi connectivity index (χ1v) is 5.45. The molecule has 2 rings (SSSR count). The maximum atomic E-state index is 5.90. The first kappa shape index (κ1) is 12.5. The van der Waals surface area contributed by atoms with Crippen molar-refractivity contribution < 1.29 is 0 Å². The summed E-state index contributed by atoms with van der Waals surface area (Å²) in [5.41, 5.74) is 10.4. The predicted octanol–water partition coefficient (Wildman–Crippen LogP) is 3.11. The van der Waals surface area contributed by atoms with E-state index < -0.39 is 0 Å². The van der Waals surface area contributed by atoms with Gasteiger partial charge in [0, 0.05) is 12.0 Å². The van der Waals surface area contributed by atoms with Gasteiger partial charge in [0.15, 0.2) is 0 Å². The van der Waals surface area contributed by atoms with Gasteiger partial charge < -0.3 is 5.73 Å². The lowest BCUT2D eigenvalue weighted by Gasteiger charge is -2.42. The van der Waals surface area contributed by atoms with Crippen molar-refractivity contribution in [1.82, 2.24) is 0 Å². The van der Waals surface area contributed by atoms with Crippen LogP contribution < -0.4 is 5.73 Å². The Balaban J connectivity index is 0.00000112. The minimum Gasteiger partial charge on any atom is -0.330 e. The topological polar surface area (TPSA) is 26.0 Å². The molecular formula is C13H20ClN. The number of hydrogen-bond acceptors (Lipinski definition) is 1. The largest absolute Gasteiger partial charge is 0.330 e. The van der Waals surface area contributed by atoms with Gasteiger partial charge in [0.25, 0.3) is 0 Å². The highest BCUT2D eigenvalue weighted by molar-refractivity contribution is 5.85. The Morgan fingerprint density at radius 3 is 2.00 bits per heavy atom. The van der Waals surface area contributed by atoms with E-state index in [1.165, 1.54) is 36.0 Å². The van der Waals surface area contributed by atoms with Crippen LogP contribution in [0.15, 0.2) is 18.2 Å². The van der Waals surface area contributed by atoms with Gasteiger partial charge in [-0.2, -0.15) is 0 Å². The highest BCUT2D eigenvalue weighted by Crippen LogP contribution is 2.43. The first-order chi connectivity index (χ1) is 6.66. The molecule has 0 radical (unpaired) electrons. The molecule has 1 aromatic carbocycles. The minimum absolute atomic E-state index is 0. The molecule has 0 saturated heterocycles. The van der Waals surface area contributed by atoms with Crippen molar-refractivity contribution in [3.63, 3.8) is 0 Å². The average molecular weight is 226 g/mol. The molecule has 1 aliphatic carbocycles. The summed E-state index contributed by atoms with van der Waals surface area (Å²) in [6, 6.07) is 6.84. The molecule has 2 N–H and O–H groups in total. The van der Waals surface area contributed by atoms with Gasteiger partial charge in [-0.3, -0.25) is 0 Å². The van der Waals surface area contributed by atoms with Crippen molar-refractivity contribution in [3.8, 4) is 0 Å². The van der Waals surface area contributed by atoms with Gasteiger partial charge >= 0.3 is 0 Å². The van der Waals surface area contributed by atoms with Crippen molar-refractivity contribution in [2.24, 2.45) is 5.73 Å². The molecule has 1 saturated carbocycles. The number of hydrogen-bond donors (Lipinski definition) is 1. The van der Waals surface area contributed by atoms with Crippen molar-refractivity contribution in [2.75, 3.05) is 6.54 Å². The molecule has 0 aromatic heterocycles. The molecule has 1 aromatic rings. The summed E-state index contributed by atoms with van der Waals surface area (Å²) >= 11 is 0. The Labute approximate surface area is 98.5 Å². The van der Waals surface area contributed by atoms with Crippen LogP contribution in [0.25, 0.3) is 0 Å². The van der Waals surface area contributed by atoms with E-state index in [1.807, 2.05) is 0 Å². The van der Waals surface area contributed by atoms with Crippen LogP contribution in [0.1, 0.15) is 36.0 Å². The maximum Gasteiger partial charge on any atom is 0.00757 e. The van der Waals surface area contributed by atoms with Crippen LogP contribution >= 0.6 is 12.4 Å². The van der Waals surface area contributed by atoms with E-state index in [4.69, 9.17) is 5.73 Å². The van der Waals surface area contributed by atoms with Crippen LogP contribution in [0.2, 0.25) is 0 Å². The van der Waals surface area contributed by atoms with Crippen LogP contribution in [0.5, 0.6) is 0 Å². The molecular weight excluding hydrogens is 206 g/mol. The Morgan fingerprint density at radius 1 is 1.13 bits per heavy atom. The first-order valence-electron chi connectivity index (χ1n) is 5.45. The van der Waals surface area contributed by atoms with E-state index in [-0.39, 0.29) is 12.4 Å². The fourth-order valence-corrected chi connectivity index (χ4v) is 2.50. The third-order valence-electron chi connectivity index (χ3n) is 3.54. The number of halogens is 1. The Morgan fingerprint density at radius 2 is 1.67 bits per heavy atom. The lowest BCUT2D eigenvalue weighted by atomic mass is 9.64. The van der Waals surface area contributed by atoms with Crippen molar-refractivity contribution >= 4 is 12.4 Å². The number of nitrogens with two attached hydrogens (primary N) is 1. The van der Waals surface area contributed by atoms with Gasteiger partial charge in [0.2, 0.25) is 0 Å². The van der Waals surface area contributed by atoms with E-state index in [1.54, 1.807) is 0 Å². The van der Waals surface area contributed by atoms with Gasteiger partial charge in [0.1, 0.15) is 0 Å². The molecule has 1 nitrogen and oxygen atoms in total. The number of benzene rings is 1. The van der Waals surface area contributed by atoms with Gasteiger partial charge in [-0.05, 0) is 32.3 Å². The average Bonchev–Trinajstić information content (AvgIpc) is 2.01. The van der Waals surface area contributed by atoms with E-state index in [2.05, 4.69) is 32.0 Å². The van der Waals surface area contributed by atoms with Crippen molar-refractivity contribution in [2.45, 2.75) is 38.5 Å². The molecule has 0 bridgehead atoms. The molecule has 84 valence electrons. The van der Waals surface area contributed by atoms with E-state index in [9.17, 15) is 0 Å². The summed E-state index contributed by atoms with van der Waals surface area (Å²) in [6.45, 7) is 5.13. The van der Waals surface area contributed by atoms with Crippen molar-refractivity contribution in [1.29, 1.82) is 0 Å². The quantitative estimate of drug-likeness (QED) is 0.823. The van der Waals surface area contributed by atoms with Crippen LogP contribution in [0, 0.1) is 13.8 Å². The molecule has 0 spiro atoms. The number of aryl methyl sites for hydroxylation is 2. The number of rotatable bonds is 2. The van der Waals surface area contributed by atoms with Crippen LogP contribution in [0.4, 0.5) is 0 Å². The third-order valence-corrected chi connectivity index (χ3v) is 3.54. The summed E-state index contributed by atoms with van der Waals surface area (Å²) < 4.78 is 0. The van der Waals surface area contributed by atoms with Gasteiger partial charge in [-0.15, -0.1) is 12.4 Å². The highest BCUT2D eigenvalue weighted by Gasteiger charge is 2.37. The second kappa shape index (κ2) is 4.54. The predicted molar refractivity (Wildman–Crippen MR) is 67.7 cm³/mol. The normalized spacial score (nSPS) is 17.8. The smallest absolute Gasteiger partial charge is 0.00757 e. The lowest BCUT2D eigenvalue weighted by Crippen LogP contribution is -2.41. The SMILES string of the molecule is Cc1cc(C)cc(C2(CN)CCC2)c1.Cl. The highest BCUT2D eigenvalue weighted by atomic mass is 35.5. The zero-order valence-corrected chi connectivity index (χ0v) is 10.4. The molecule has 0 unspecified atom stereocenters. The molecule has 1 aliphatic rings. The minimum atomic E-state index is 0. The van der Waals surface area contributed by atoms with Crippen LogP contribution in [0.3, 0.4) is 0 Å². The summed E-state index contributed by atoms with van der Waals surface area (Å²) in [5.74, 6) is 0. The monoisotopic (exact) mass is 225 g/mol. The Kier molecular flexibility index (Phi) is 3.80. The standard InChI is InChI=1S/C13H19N.ClH/c1-10-6-11(2)8-12(7-10)13(9-14)4-3-5-13;/h6-8H,3-5,9,14H2,1-2H3;1H. The molecule has 0 atom stereocenters. The molecule has 0 aliphatic heterocycles. The van der Waals surface area contributed by atoms with Crippen LogP contribution in [-0.2, 0) is 5.41 Å². The lowest BCUT2D eigenvalue weighted by molar-refractivity contribution is 0.253. The summed E-state index contributed by atoms with van der Waals surface area (Å²) in [4.78, 5) is 0. The fraction of sp³-hybridized carbons (Fsp3) is 0.538. The molecule has 0 amide bonds. The van der Waals surface area contributed by atoms with Crippen molar-refractivity contribution in [3.05, 3.63) is 34.9 Å². The Bertz CT molecular complexity index is 317. The van der Waals surface area contributed by atoms with E-state index >= 15 is 0 Å². The fourth-order valence-electron chi connectivity index (χ4n) is 2.50. The molecule has 1 fully saturated rings. The second-order valence-electron chi connectivity index (χ2n) is 4.71. The van der Waals surface area contributed by atoms with Gasteiger partial charge in [0.05, 0.1) is 0 Å². The summed E-state index contributed by atoms with van der Waals surface area (Å²) in [7, 11) is 0. The van der Waals surface area contributed by atoms with E-state index in [0.717, 1.165) is 6.54 Å². The third kappa shape index (κ3) is 2.19. The maximum absolute atomic E-state index is 5.90. The molecule has 2 heteroatoms. The summed E-state index contributed by atoms with van der Waals surface area (Å²) in [6.07, 6.45) is 3.88. The summed E-state index contributed by atoms with van der Waals surface area (Å²) in [5, 5.41) is 0. The van der Waals surface area contributed by atoms with E-state index in [0.29, 0.717) is 5.41 Å². The molecule has 15 heavy (non-hydrogen) atoms. The Hall–Kier alpha value is -0.530. The second-order valence-corrected chi connectivity index (χ2v) is 4.71. The zero-order chi connectivity index (χ0) is 10.2. The molecule has 0 heterocycles. The van der Waals surface area contributed by atoms with Gasteiger partial charge in [-0.25, -0.2) is 0 Å². The van der Waals surface area contributed by atoms with Gasteiger partial charge in [-0.1, -0.05) is 35.7 Å².